The zero-order chi connectivity index (χ0) is 28.2. The first-order chi connectivity index (χ1) is 18.6. The molecular weight excluding hydrogens is 538 g/mol. The maximum absolute atomic E-state index is 12.9. The maximum atomic E-state index is 12.9. The molecule has 39 heavy (non-hydrogen) atoms. The molecule has 3 N–H and O–H groups in total. The van der Waals surface area contributed by atoms with Crippen LogP contribution in [-0.4, -0.2) is 65.6 Å². The molecule has 4 aromatic rings. The van der Waals surface area contributed by atoms with Crippen LogP contribution in [0, 0.1) is 0 Å². The minimum absolute atomic E-state index is 0.0248. The minimum Gasteiger partial charge on any atom is -0.494 e. The highest BCUT2D eigenvalue weighted by molar-refractivity contribution is 7.91. The molecular formula is C29H30ClN3O5S. The van der Waals surface area contributed by atoms with Gasteiger partial charge in [0, 0.05) is 22.5 Å². The van der Waals surface area contributed by atoms with Gasteiger partial charge in [-0.2, -0.15) is 0 Å². The number of benzene rings is 3. The van der Waals surface area contributed by atoms with Crippen LogP contribution < -0.4 is 0 Å². The molecule has 0 saturated carbocycles. The Hall–Kier alpha value is -3.66. The number of halogens is 1. The van der Waals surface area contributed by atoms with Crippen molar-refractivity contribution in [1.29, 1.82) is 0 Å². The molecule has 1 aromatic heterocycles. The molecule has 0 bridgehead atoms. The SMILES string of the molecule is CCN(CC)CCS(=O)(=O)c1ccc(N=C(c2ccc(CC(=O)O)cc2)c2c(O)[nH]c3cc(Cl)ccc23)cc1. The highest BCUT2D eigenvalue weighted by Crippen LogP contribution is 2.33. The van der Waals surface area contributed by atoms with Gasteiger partial charge >= 0.3 is 5.97 Å². The van der Waals surface area contributed by atoms with Crippen LogP contribution in [0.15, 0.2) is 76.6 Å². The third-order valence-corrected chi connectivity index (χ3v) is 8.51. The normalized spacial score (nSPS) is 12.4. The fourth-order valence-electron chi connectivity index (χ4n) is 4.38. The maximum Gasteiger partial charge on any atom is 0.307 e. The van der Waals surface area contributed by atoms with E-state index in [-0.39, 0.29) is 22.9 Å². The molecule has 0 radical (unpaired) electrons. The molecule has 0 aliphatic carbocycles. The van der Waals surface area contributed by atoms with Crippen LogP contribution in [0.2, 0.25) is 5.02 Å². The van der Waals surface area contributed by atoms with Crippen LogP contribution in [0.3, 0.4) is 0 Å². The largest absolute Gasteiger partial charge is 0.494 e. The Morgan fingerprint density at radius 2 is 1.67 bits per heavy atom. The van der Waals surface area contributed by atoms with E-state index < -0.39 is 15.8 Å². The van der Waals surface area contributed by atoms with Crippen molar-refractivity contribution in [2.24, 2.45) is 4.99 Å². The Kier molecular flexibility index (Phi) is 8.74. The second-order valence-electron chi connectivity index (χ2n) is 9.11. The standard InChI is InChI=1S/C29H30ClN3O5S/c1-3-33(4-2)15-16-39(37,38)23-12-10-22(11-13-23)31-28(20-7-5-19(6-8-20)17-26(34)35)27-24-14-9-21(30)18-25(24)32-29(27)36/h5-14,18,32,36H,3-4,15-17H2,1-2H3,(H,34,35). The number of hydrogen-bond acceptors (Lipinski definition) is 6. The van der Waals surface area contributed by atoms with Gasteiger partial charge in [0.25, 0.3) is 0 Å². The lowest BCUT2D eigenvalue weighted by Crippen LogP contribution is -2.29. The molecule has 0 fully saturated rings. The first-order valence-corrected chi connectivity index (χ1v) is 14.6. The summed E-state index contributed by atoms with van der Waals surface area (Å²) in [6.45, 7) is 6.03. The van der Waals surface area contributed by atoms with Crippen molar-refractivity contribution >= 4 is 49.7 Å². The van der Waals surface area contributed by atoms with Crippen molar-refractivity contribution in [2.75, 3.05) is 25.4 Å². The molecule has 0 saturated heterocycles. The minimum atomic E-state index is -3.47. The monoisotopic (exact) mass is 567 g/mol. The molecule has 3 aromatic carbocycles. The van der Waals surface area contributed by atoms with E-state index in [1.807, 2.05) is 13.8 Å². The molecule has 0 aliphatic rings. The van der Waals surface area contributed by atoms with E-state index in [4.69, 9.17) is 21.7 Å². The van der Waals surface area contributed by atoms with E-state index in [0.29, 0.717) is 50.6 Å². The van der Waals surface area contributed by atoms with Crippen LogP contribution in [0.1, 0.15) is 30.5 Å². The van der Waals surface area contributed by atoms with Crippen LogP contribution in [0.5, 0.6) is 5.88 Å². The first-order valence-electron chi connectivity index (χ1n) is 12.6. The van der Waals surface area contributed by atoms with Crippen molar-refractivity contribution in [3.8, 4) is 5.88 Å². The molecule has 0 aliphatic heterocycles. The van der Waals surface area contributed by atoms with Gasteiger partial charge in [-0.15, -0.1) is 0 Å². The molecule has 1 heterocycles. The summed E-state index contributed by atoms with van der Waals surface area (Å²) in [5, 5.41) is 21.2. The number of rotatable bonds is 11. The topological polar surface area (TPSA) is 123 Å². The molecule has 10 heteroatoms. The summed E-state index contributed by atoms with van der Waals surface area (Å²) < 4.78 is 25.8. The zero-order valence-electron chi connectivity index (χ0n) is 21.7. The van der Waals surface area contributed by atoms with E-state index in [1.165, 1.54) is 0 Å². The molecule has 8 nitrogen and oxygen atoms in total. The number of aromatic amines is 1. The van der Waals surface area contributed by atoms with Crippen molar-refractivity contribution in [2.45, 2.75) is 25.2 Å². The van der Waals surface area contributed by atoms with E-state index in [2.05, 4.69) is 9.88 Å². The smallest absolute Gasteiger partial charge is 0.307 e. The molecule has 0 unspecified atom stereocenters. The zero-order valence-corrected chi connectivity index (χ0v) is 23.3. The number of aliphatic carboxylic acids is 1. The number of carboxylic acid groups (broad SMARTS) is 1. The lowest BCUT2D eigenvalue weighted by atomic mass is 9.99. The summed E-state index contributed by atoms with van der Waals surface area (Å²) in [5.41, 5.74) is 3.26. The quantitative estimate of drug-likeness (QED) is 0.207. The summed E-state index contributed by atoms with van der Waals surface area (Å²) in [5.74, 6) is -1.01. The Labute approximate surface area is 232 Å². The van der Waals surface area contributed by atoms with Gasteiger partial charge in [-0.3, -0.25) is 4.79 Å². The third-order valence-electron chi connectivity index (χ3n) is 6.57. The number of aromatic hydroxyl groups is 1. The summed E-state index contributed by atoms with van der Waals surface area (Å²) in [7, 11) is -3.47. The van der Waals surface area contributed by atoms with Gasteiger partial charge in [-0.05, 0) is 55.1 Å². The first kappa shape index (κ1) is 28.4. The number of fused-ring (bicyclic) bond motifs is 1. The fraction of sp³-hybridized carbons (Fsp3) is 0.241. The van der Waals surface area contributed by atoms with Crippen LogP contribution in [0.25, 0.3) is 10.9 Å². The summed E-state index contributed by atoms with van der Waals surface area (Å²) >= 11 is 6.14. The summed E-state index contributed by atoms with van der Waals surface area (Å²) in [6.07, 6.45) is -0.117. The number of nitrogens with one attached hydrogen (secondary N) is 1. The van der Waals surface area contributed by atoms with Crippen LogP contribution in [-0.2, 0) is 21.1 Å². The Morgan fingerprint density at radius 1 is 1.00 bits per heavy atom. The second-order valence-corrected chi connectivity index (χ2v) is 11.7. The van der Waals surface area contributed by atoms with Crippen molar-refractivity contribution in [3.05, 3.63) is 88.4 Å². The number of carbonyl (C=O) groups is 1. The Balaban J connectivity index is 1.75. The second kappa shape index (κ2) is 12.0. The fourth-order valence-corrected chi connectivity index (χ4v) is 5.84. The number of aliphatic imine (C=N–C) groups is 1. The van der Waals surface area contributed by atoms with Gasteiger partial charge in [-0.1, -0.05) is 55.8 Å². The third kappa shape index (κ3) is 6.68. The van der Waals surface area contributed by atoms with Gasteiger partial charge in [0.2, 0.25) is 0 Å². The molecule has 0 atom stereocenters. The predicted molar refractivity (Wildman–Crippen MR) is 154 cm³/mol. The van der Waals surface area contributed by atoms with Crippen LogP contribution in [0.4, 0.5) is 5.69 Å². The van der Waals surface area contributed by atoms with Crippen LogP contribution >= 0.6 is 11.6 Å². The van der Waals surface area contributed by atoms with Crippen molar-refractivity contribution < 1.29 is 23.4 Å². The molecule has 0 amide bonds. The van der Waals surface area contributed by atoms with Crippen molar-refractivity contribution in [3.63, 3.8) is 0 Å². The highest BCUT2D eigenvalue weighted by atomic mass is 35.5. The van der Waals surface area contributed by atoms with Gasteiger partial charge in [0.1, 0.15) is 0 Å². The molecule has 0 spiro atoms. The average Bonchev–Trinajstić information content (AvgIpc) is 3.22. The molecule has 204 valence electrons. The lowest BCUT2D eigenvalue weighted by molar-refractivity contribution is -0.136. The van der Waals surface area contributed by atoms with Gasteiger partial charge in [-0.25, -0.2) is 13.4 Å². The summed E-state index contributed by atoms with van der Waals surface area (Å²) in [6, 6.07) is 18.4. The Bertz CT molecular complexity index is 1610. The van der Waals surface area contributed by atoms with E-state index in [9.17, 15) is 18.3 Å². The van der Waals surface area contributed by atoms with Gasteiger partial charge in [0.15, 0.2) is 15.7 Å². The number of H-pyrrole nitrogens is 1. The number of hydrogen-bond donors (Lipinski definition) is 3. The average molecular weight is 568 g/mol. The number of nitrogens with zero attached hydrogens (tertiary/aromatic N) is 2. The highest BCUT2D eigenvalue weighted by Gasteiger charge is 2.20. The van der Waals surface area contributed by atoms with E-state index >= 15 is 0 Å². The van der Waals surface area contributed by atoms with Gasteiger partial charge in [0.05, 0.1) is 39.5 Å². The Morgan fingerprint density at radius 3 is 2.28 bits per heavy atom. The number of sulfone groups is 1. The van der Waals surface area contributed by atoms with Crippen molar-refractivity contribution in [1.82, 2.24) is 9.88 Å². The molecule has 4 rings (SSSR count). The van der Waals surface area contributed by atoms with Gasteiger partial charge < -0.3 is 20.1 Å². The van der Waals surface area contributed by atoms with E-state index in [0.717, 1.165) is 13.1 Å². The lowest BCUT2D eigenvalue weighted by Gasteiger charge is -2.17. The number of carboxylic acids is 1. The summed E-state index contributed by atoms with van der Waals surface area (Å²) in [4.78, 5) is 21.1. The number of aromatic nitrogens is 1. The predicted octanol–water partition coefficient (Wildman–Crippen LogP) is 5.44. The van der Waals surface area contributed by atoms with E-state index in [1.54, 1.807) is 66.7 Å².